The van der Waals surface area contributed by atoms with Crippen molar-refractivity contribution < 1.29 is 18.8 Å². The van der Waals surface area contributed by atoms with Crippen LogP contribution in [0.15, 0.2) is 53.1 Å². The van der Waals surface area contributed by atoms with Crippen LogP contribution in [-0.2, 0) is 11.3 Å². The highest BCUT2D eigenvalue weighted by molar-refractivity contribution is 5.94. The first-order valence-electron chi connectivity index (χ1n) is 10.7. The zero-order valence-electron chi connectivity index (χ0n) is 18.7. The number of piperidine rings is 1. The molecule has 8 heteroatoms. The number of benzene rings is 2. The molecule has 1 atom stereocenters. The van der Waals surface area contributed by atoms with Crippen molar-refractivity contribution in [2.45, 2.75) is 19.4 Å². The van der Waals surface area contributed by atoms with E-state index in [1.165, 1.54) is 0 Å². The number of amides is 1. The number of ether oxygens (including phenoxy) is 2. The highest BCUT2D eigenvalue weighted by Crippen LogP contribution is 2.31. The van der Waals surface area contributed by atoms with E-state index in [1.54, 1.807) is 19.1 Å². The molecule has 8 nitrogen and oxygen atoms in total. The lowest BCUT2D eigenvalue weighted by Gasteiger charge is -2.33. The van der Waals surface area contributed by atoms with Crippen molar-refractivity contribution in [3.05, 3.63) is 54.4 Å². The quantitative estimate of drug-likeness (QED) is 0.559. The Balaban J connectivity index is 1.41. The zero-order valence-corrected chi connectivity index (χ0v) is 18.7. The average Bonchev–Trinajstić information content (AvgIpc) is 3.31. The number of carbonyl (C=O) groups excluding carboxylic acids is 1. The van der Waals surface area contributed by atoms with E-state index in [9.17, 15) is 4.79 Å². The molecule has 1 aliphatic rings. The van der Waals surface area contributed by atoms with Gasteiger partial charge in [-0.25, -0.2) is 0 Å². The number of nitrogens with zero attached hydrogens (tertiary/aromatic N) is 4. The standard InChI is InChI=1S/C24H28N4O4/c1-27(19-9-5-4-6-10-19)24(29)18-8-7-13-28(15-18)16-22-25-23(26-32-22)17-11-12-20(30-2)21(14-17)31-3/h4-6,9-12,14,18H,7-8,13,15-16H2,1-3H3. The van der Waals surface area contributed by atoms with Crippen molar-refractivity contribution in [3.63, 3.8) is 0 Å². The van der Waals surface area contributed by atoms with Crippen LogP contribution in [0.5, 0.6) is 11.5 Å². The van der Waals surface area contributed by atoms with Gasteiger partial charge in [0.05, 0.1) is 26.7 Å². The van der Waals surface area contributed by atoms with Crippen LogP contribution in [0.4, 0.5) is 5.69 Å². The Bertz CT molecular complexity index is 1050. The number of carbonyl (C=O) groups is 1. The van der Waals surface area contributed by atoms with Gasteiger partial charge in [-0.2, -0.15) is 4.98 Å². The fourth-order valence-electron chi connectivity index (χ4n) is 4.06. The Morgan fingerprint density at radius 3 is 2.69 bits per heavy atom. The molecular weight excluding hydrogens is 408 g/mol. The second-order valence-corrected chi connectivity index (χ2v) is 7.89. The normalized spacial score (nSPS) is 16.5. The van der Waals surface area contributed by atoms with Gasteiger partial charge < -0.3 is 18.9 Å². The van der Waals surface area contributed by atoms with Gasteiger partial charge in [-0.15, -0.1) is 0 Å². The Kier molecular flexibility index (Phi) is 6.70. The number of hydrogen-bond acceptors (Lipinski definition) is 7. The van der Waals surface area contributed by atoms with Crippen LogP contribution in [0.25, 0.3) is 11.4 Å². The van der Waals surface area contributed by atoms with Gasteiger partial charge in [-0.3, -0.25) is 9.69 Å². The molecule has 1 amide bonds. The number of hydrogen-bond donors (Lipinski definition) is 0. The number of para-hydroxylation sites is 1. The van der Waals surface area contributed by atoms with Crippen LogP contribution < -0.4 is 14.4 Å². The Hall–Kier alpha value is -3.39. The van der Waals surface area contributed by atoms with E-state index >= 15 is 0 Å². The van der Waals surface area contributed by atoms with Gasteiger partial charge in [0.15, 0.2) is 11.5 Å². The number of methoxy groups -OCH3 is 2. The molecule has 2 aromatic carbocycles. The van der Waals surface area contributed by atoms with Gasteiger partial charge in [0.2, 0.25) is 17.6 Å². The van der Waals surface area contributed by atoms with Crippen LogP contribution in [0, 0.1) is 5.92 Å². The minimum absolute atomic E-state index is 0.0535. The molecule has 168 valence electrons. The van der Waals surface area contributed by atoms with Crippen molar-refractivity contribution in [1.82, 2.24) is 15.0 Å². The lowest BCUT2D eigenvalue weighted by molar-refractivity contribution is -0.123. The molecule has 1 fully saturated rings. The van der Waals surface area contributed by atoms with E-state index in [0.717, 1.165) is 30.6 Å². The summed E-state index contributed by atoms with van der Waals surface area (Å²) < 4.78 is 16.1. The molecule has 32 heavy (non-hydrogen) atoms. The van der Waals surface area contributed by atoms with Gasteiger partial charge in [-0.05, 0) is 49.7 Å². The smallest absolute Gasteiger partial charge is 0.241 e. The minimum Gasteiger partial charge on any atom is -0.493 e. The zero-order chi connectivity index (χ0) is 22.5. The molecule has 4 rings (SSSR count). The summed E-state index contributed by atoms with van der Waals surface area (Å²) in [5, 5.41) is 4.12. The SMILES string of the molecule is COc1ccc(-c2noc(CN3CCCC(C(=O)N(C)c4ccccc4)C3)n2)cc1OC. The van der Waals surface area contributed by atoms with Crippen LogP contribution in [-0.4, -0.2) is 55.3 Å². The van der Waals surface area contributed by atoms with Gasteiger partial charge in [-0.1, -0.05) is 23.4 Å². The monoisotopic (exact) mass is 436 g/mol. The number of rotatable bonds is 7. The van der Waals surface area contributed by atoms with E-state index in [-0.39, 0.29) is 11.8 Å². The number of aromatic nitrogens is 2. The fraction of sp³-hybridized carbons (Fsp3) is 0.375. The Labute approximate surface area is 187 Å². The highest BCUT2D eigenvalue weighted by Gasteiger charge is 2.29. The summed E-state index contributed by atoms with van der Waals surface area (Å²) >= 11 is 0. The maximum atomic E-state index is 13.0. The molecule has 0 radical (unpaired) electrons. The summed E-state index contributed by atoms with van der Waals surface area (Å²) in [6.07, 6.45) is 1.84. The first-order chi connectivity index (χ1) is 15.6. The van der Waals surface area contributed by atoms with E-state index in [2.05, 4.69) is 15.0 Å². The lowest BCUT2D eigenvalue weighted by Crippen LogP contribution is -2.43. The van der Waals surface area contributed by atoms with Gasteiger partial charge in [0.1, 0.15) is 0 Å². The minimum atomic E-state index is -0.0535. The lowest BCUT2D eigenvalue weighted by atomic mass is 9.96. The Morgan fingerprint density at radius 1 is 1.16 bits per heavy atom. The van der Waals surface area contributed by atoms with Crippen LogP contribution >= 0.6 is 0 Å². The van der Waals surface area contributed by atoms with Gasteiger partial charge in [0, 0.05) is 24.8 Å². The number of likely N-dealkylation sites (tertiary alicyclic amines) is 1. The molecule has 0 saturated carbocycles. The number of anilines is 1. The van der Waals surface area contributed by atoms with Crippen LogP contribution in [0.3, 0.4) is 0 Å². The summed E-state index contributed by atoms with van der Waals surface area (Å²) in [6, 6.07) is 15.2. The molecule has 1 saturated heterocycles. The van der Waals surface area contributed by atoms with Crippen molar-refractivity contribution in [1.29, 1.82) is 0 Å². The molecule has 1 aromatic heterocycles. The van der Waals surface area contributed by atoms with Crippen molar-refractivity contribution in [2.24, 2.45) is 5.92 Å². The third-order valence-electron chi connectivity index (χ3n) is 5.80. The third kappa shape index (κ3) is 4.75. The molecule has 1 aliphatic heterocycles. The predicted octanol–water partition coefficient (Wildman–Crippen LogP) is 3.63. The van der Waals surface area contributed by atoms with Crippen molar-refractivity contribution >= 4 is 11.6 Å². The molecule has 0 aliphatic carbocycles. The second-order valence-electron chi connectivity index (χ2n) is 7.89. The van der Waals surface area contributed by atoms with E-state index in [4.69, 9.17) is 14.0 Å². The molecular formula is C24H28N4O4. The summed E-state index contributed by atoms with van der Waals surface area (Å²) in [5.74, 6) is 2.36. The van der Waals surface area contributed by atoms with E-state index in [1.807, 2.05) is 55.6 Å². The largest absolute Gasteiger partial charge is 0.493 e. The molecule has 3 aromatic rings. The third-order valence-corrected chi connectivity index (χ3v) is 5.80. The summed E-state index contributed by atoms with van der Waals surface area (Å²) in [7, 11) is 5.02. The second kappa shape index (κ2) is 9.82. The topological polar surface area (TPSA) is 80.9 Å². The van der Waals surface area contributed by atoms with E-state index < -0.39 is 0 Å². The van der Waals surface area contributed by atoms with Crippen molar-refractivity contribution in [2.75, 3.05) is 39.3 Å². The van der Waals surface area contributed by atoms with Crippen molar-refractivity contribution in [3.8, 4) is 22.9 Å². The molecule has 0 spiro atoms. The predicted molar refractivity (Wildman–Crippen MR) is 121 cm³/mol. The van der Waals surface area contributed by atoms with Gasteiger partial charge in [0.25, 0.3) is 0 Å². The molecule has 2 heterocycles. The first-order valence-corrected chi connectivity index (χ1v) is 10.7. The Morgan fingerprint density at radius 2 is 1.94 bits per heavy atom. The maximum absolute atomic E-state index is 13.0. The summed E-state index contributed by atoms with van der Waals surface area (Å²) in [4.78, 5) is 21.5. The summed E-state index contributed by atoms with van der Waals surface area (Å²) in [5.41, 5.74) is 1.69. The molecule has 0 bridgehead atoms. The fourth-order valence-corrected chi connectivity index (χ4v) is 4.06. The summed E-state index contributed by atoms with van der Waals surface area (Å²) in [6.45, 7) is 2.08. The van der Waals surface area contributed by atoms with Gasteiger partial charge >= 0.3 is 0 Å². The average molecular weight is 437 g/mol. The first kappa shape index (κ1) is 21.8. The highest BCUT2D eigenvalue weighted by atomic mass is 16.5. The van der Waals surface area contributed by atoms with E-state index in [0.29, 0.717) is 36.3 Å². The van der Waals surface area contributed by atoms with Crippen LogP contribution in [0.1, 0.15) is 18.7 Å². The van der Waals surface area contributed by atoms with Crippen LogP contribution in [0.2, 0.25) is 0 Å². The maximum Gasteiger partial charge on any atom is 0.241 e. The molecule has 0 N–H and O–H groups in total. The molecule has 1 unspecified atom stereocenters.